The zero-order valence-electron chi connectivity index (χ0n) is 9.71. The number of hydrogen-bond acceptors (Lipinski definition) is 4. The Balaban J connectivity index is 2.03. The number of rotatable bonds is 5. The molecule has 2 bridgehead atoms. The van der Waals surface area contributed by atoms with E-state index < -0.39 is 11.9 Å². The van der Waals surface area contributed by atoms with E-state index in [-0.39, 0.29) is 19.1 Å². The van der Waals surface area contributed by atoms with Crippen LogP contribution in [0.25, 0.3) is 0 Å². The fraction of sp³-hybridized carbons (Fsp3) is 0.818. The number of carboxylic acids is 2. The quantitative estimate of drug-likeness (QED) is 0.679. The number of hydrogen-bond donors (Lipinski definition) is 2. The molecule has 3 unspecified atom stereocenters. The molecule has 96 valence electrons. The zero-order chi connectivity index (χ0) is 12.4. The second-order valence-corrected chi connectivity index (χ2v) is 4.90. The van der Waals surface area contributed by atoms with Gasteiger partial charge in [0.25, 0.3) is 0 Å². The number of carboxylic acid groups (broad SMARTS) is 2. The van der Waals surface area contributed by atoms with E-state index >= 15 is 0 Å². The second kappa shape index (κ2) is 5.01. The van der Waals surface area contributed by atoms with E-state index in [1.54, 1.807) is 4.90 Å². The molecule has 17 heavy (non-hydrogen) atoms. The van der Waals surface area contributed by atoms with Crippen molar-refractivity contribution in [3.8, 4) is 0 Å². The maximum absolute atomic E-state index is 10.8. The highest BCUT2D eigenvalue weighted by Crippen LogP contribution is 2.30. The molecule has 0 aromatic heterocycles. The van der Waals surface area contributed by atoms with Crippen LogP contribution < -0.4 is 0 Å². The van der Waals surface area contributed by atoms with E-state index in [0.717, 1.165) is 32.5 Å². The lowest BCUT2D eigenvalue weighted by Gasteiger charge is -2.37. The first kappa shape index (κ1) is 12.3. The molecule has 0 radical (unpaired) electrons. The number of carbonyl (C=O) groups is 2. The van der Waals surface area contributed by atoms with Crippen molar-refractivity contribution < 1.29 is 19.8 Å². The number of aliphatic carboxylic acids is 2. The molecule has 3 atom stereocenters. The van der Waals surface area contributed by atoms with Gasteiger partial charge in [0.2, 0.25) is 0 Å². The van der Waals surface area contributed by atoms with Crippen molar-refractivity contribution in [2.24, 2.45) is 5.92 Å². The summed E-state index contributed by atoms with van der Waals surface area (Å²) >= 11 is 0. The summed E-state index contributed by atoms with van der Waals surface area (Å²) in [7, 11) is 0. The SMILES string of the molecule is O=C(O)CN(CC(=O)O)C1CCN2CCC1C2. The van der Waals surface area contributed by atoms with Gasteiger partial charge in [-0.15, -0.1) is 0 Å². The van der Waals surface area contributed by atoms with Gasteiger partial charge in [0.1, 0.15) is 0 Å². The van der Waals surface area contributed by atoms with Crippen LogP contribution in [0.5, 0.6) is 0 Å². The Morgan fingerprint density at radius 1 is 1.12 bits per heavy atom. The maximum atomic E-state index is 10.8. The van der Waals surface area contributed by atoms with Crippen LogP contribution in [-0.4, -0.2) is 70.7 Å². The number of piperidine rings is 1. The first-order chi connectivity index (χ1) is 8.06. The van der Waals surface area contributed by atoms with Crippen LogP contribution in [0.1, 0.15) is 12.8 Å². The minimum atomic E-state index is -0.952. The van der Waals surface area contributed by atoms with Gasteiger partial charge in [0.05, 0.1) is 13.1 Å². The van der Waals surface area contributed by atoms with E-state index in [1.807, 2.05) is 0 Å². The Labute approximate surface area is 99.8 Å². The minimum absolute atomic E-state index is 0.112. The van der Waals surface area contributed by atoms with Crippen LogP contribution in [0.2, 0.25) is 0 Å². The van der Waals surface area contributed by atoms with Gasteiger partial charge in [-0.05, 0) is 31.8 Å². The van der Waals surface area contributed by atoms with Crippen molar-refractivity contribution in [2.75, 3.05) is 32.7 Å². The molecule has 0 saturated carbocycles. The van der Waals surface area contributed by atoms with E-state index in [4.69, 9.17) is 10.2 Å². The van der Waals surface area contributed by atoms with Crippen molar-refractivity contribution in [1.29, 1.82) is 0 Å². The molecule has 0 aromatic carbocycles. The van der Waals surface area contributed by atoms with Crippen molar-refractivity contribution in [2.45, 2.75) is 18.9 Å². The molecule has 0 amide bonds. The Kier molecular flexibility index (Phi) is 3.63. The monoisotopic (exact) mass is 242 g/mol. The van der Waals surface area contributed by atoms with Crippen molar-refractivity contribution in [3.05, 3.63) is 0 Å². The molecule has 2 heterocycles. The van der Waals surface area contributed by atoms with Gasteiger partial charge in [0.15, 0.2) is 0 Å². The lowest BCUT2D eigenvalue weighted by atomic mass is 9.92. The van der Waals surface area contributed by atoms with Crippen LogP contribution in [-0.2, 0) is 9.59 Å². The Hall–Kier alpha value is -1.14. The highest BCUT2D eigenvalue weighted by molar-refractivity contribution is 5.72. The predicted molar refractivity (Wildman–Crippen MR) is 59.8 cm³/mol. The second-order valence-electron chi connectivity index (χ2n) is 4.90. The third-order valence-corrected chi connectivity index (χ3v) is 3.74. The molecule has 2 fully saturated rings. The van der Waals surface area contributed by atoms with E-state index in [2.05, 4.69) is 4.90 Å². The lowest BCUT2D eigenvalue weighted by Crippen LogP contribution is -2.50. The molecular weight excluding hydrogens is 224 g/mol. The molecule has 2 N–H and O–H groups in total. The maximum Gasteiger partial charge on any atom is 0.317 e. The molecule has 0 aliphatic carbocycles. The summed E-state index contributed by atoms with van der Waals surface area (Å²) in [4.78, 5) is 25.6. The predicted octanol–water partition coefficient (Wildman–Crippen LogP) is -0.448. The summed E-state index contributed by atoms with van der Waals surface area (Å²) in [6.07, 6.45) is 1.94. The summed E-state index contributed by atoms with van der Waals surface area (Å²) in [5.74, 6) is -1.47. The third kappa shape index (κ3) is 2.95. The lowest BCUT2D eigenvalue weighted by molar-refractivity contribution is -0.143. The average molecular weight is 242 g/mol. The standard InChI is InChI=1S/C11H18N2O4/c14-10(15)6-13(7-11(16)17)9-2-4-12-3-1-8(9)5-12/h8-9H,1-7H2,(H,14,15)(H,16,17). The highest BCUT2D eigenvalue weighted by atomic mass is 16.4. The summed E-state index contributed by atoms with van der Waals surface area (Å²) in [5, 5.41) is 17.7. The third-order valence-electron chi connectivity index (χ3n) is 3.74. The average Bonchev–Trinajstić information content (AvgIpc) is 2.58. The van der Waals surface area contributed by atoms with Gasteiger partial charge < -0.3 is 15.1 Å². The molecule has 2 rings (SSSR count). The molecular formula is C11H18N2O4. The van der Waals surface area contributed by atoms with Crippen molar-refractivity contribution >= 4 is 11.9 Å². The molecule has 2 aliphatic rings. The molecule has 6 heteroatoms. The first-order valence-electron chi connectivity index (χ1n) is 5.96. The van der Waals surface area contributed by atoms with Gasteiger partial charge in [-0.3, -0.25) is 14.5 Å². The Morgan fingerprint density at radius 3 is 2.29 bits per heavy atom. The topological polar surface area (TPSA) is 81.1 Å². The van der Waals surface area contributed by atoms with Crippen molar-refractivity contribution in [3.63, 3.8) is 0 Å². The van der Waals surface area contributed by atoms with Crippen LogP contribution in [0.15, 0.2) is 0 Å². The fourth-order valence-electron chi connectivity index (χ4n) is 3.05. The molecule has 6 nitrogen and oxygen atoms in total. The zero-order valence-corrected chi connectivity index (χ0v) is 9.71. The Bertz CT molecular complexity index is 305. The van der Waals surface area contributed by atoms with Gasteiger partial charge in [-0.25, -0.2) is 0 Å². The van der Waals surface area contributed by atoms with Crippen LogP contribution >= 0.6 is 0 Å². The summed E-state index contributed by atoms with van der Waals surface area (Å²) in [6.45, 7) is 2.66. The van der Waals surface area contributed by atoms with Crippen LogP contribution in [0, 0.1) is 5.92 Å². The van der Waals surface area contributed by atoms with Gasteiger partial charge in [-0.2, -0.15) is 0 Å². The Morgan fingerprint density at radius 2 is 1.71 bits per heavy atom. The van der Waals surface area contributed by atoms with Gasteiger partial charge in [0, 0.05) is 12.6 Å². The normalized spacial score (nSPS) is 31.7. The largest absolute Gasteiger partial charge is 0.480 e. The summed E-state index contributed by atoms with van der Waals surface area (Å²) in [5.41, 5.74) is 0. The van der Waals surface area contributed by atoms with E-state index in [0.29, 0.717) is 5.92 Å². The molecule has 2 saturated heterocycles. The number of fused-ring (bicyclic) bond motifs is 2. The van der Waals surface area contributed by atoms with Crippen LogP contribution in [0.4, 0.5) is 0 Å². The summed E-state index contributed by atoms with van der Waals surface area (Å²) < 4.78 is 0. The summed E-state index contributed by atoms with van der Waals surface area (Å²) in [6, 6.07) is 0.112. The smallest absolute Gasteiger partial charge is 0.317 e. The minimum Gasteiger partial charge on any atom is -0.480 e. The molecule has 2 aliphatic heterocycles. The van der Waals surface area contributed by atoms with Gasteiger partial charge in [-0.1, -0.05) is 0 Å². The molecule has 0 aromatic rings. The molecule has 0 spiro atoms. The fourth-order valence-corrected chi connectivity index (χ4v) is 3.05. The van der Waals surface area contributed by atoms with E-state index in [1.165, 1.54) is 0 Å². The van der Waals surface area contributed by atoms with Crippen molar-refractivity contribution in [1.82, 2.24) is 9.80 Å². The van der Waals surface area contributed by atoms with E-state index in [9.17, 15) is 9.59 Å². The van der Waals surface area contributed by atoms with Gasteiger partial charge >= 0.3 is 11.9 Å². The number of nitrogens with zero attached hydrogens (tertiary/aromatic N) is 2. The highest BCUT2D eigenvalue weighted by Gasteiger charge is 2.38. The van der Waals surface area contributed by atoms with Crippen LogP contribution in [0.3, 0.4) is 0 Å². The first-order valence-corrected chi connectivity index (χ1v) is 5.96.